The zero-order valence-electron chi connectivity index (χ0n) is 4.33. The average molecular weight is 140 g/mol. The Morgan fingerprint density at radius 1 is 1.12 bits per heavy atom. The molecule has 48 valence electrons. The molecule has 0 unspecified atom stereocenters. The Morgan fingerprint density at radius 2 is 1.62 bits per heavy atom. The van der Waals surface area contributed by atoms with Crippen LogP contribution in [-0.4, -0.2) is 9.08 Å². The van der Waals surface area contributed by atoms with Crippen LogP contribution in [0.4, 0.5) is 12.3 Å². The molecule has 1 fully saturated rings. The maximum absolute atomic E-state index is 11.6. The quantitative estimate of drug-likeness (QED) is 0.387. The Bertz CT molecular complexity index is 83.8. The first-order valence-corrected chi connectivity index (χ1v) is 4.38. The van der Waals surface area contributed by atoms with Crippen LogP contribution in [0.2, 0.25) is 5.54 Å². The minimum absolute atomic E-state index is 0.412. The molecule has 0 atom stereocenters. The number of hydrogen-bond donors (Lipinski definition) is 0. The third-order valence-corrected chi connectivity index (χ3v) is 3.07. The molecule has 0 N–H and O–H groups in total. The standard InChI is InChI=1S/C4H7F3Si/c5-8(6,7)4-2-1-3-4/h4H,1-3H2. The summed E-state index contributed by atoms with van der Waals surface area (Å²) in [6.45, 7) is 0. The van der Waals surface area contributed by atoms with E-state index in [1.807, 2.05) is 0 Å². The molecule has 0 aromatic rings. The van der Waals surface area contributed by atoms with Gasteiger partial charge in [0, 0.05) is 5.54 Å². The van der Waals surface area contributed by atoms with Crippen LogP contribution in [0.3, 0.4) is 0 Å². The highest BCUT2D eigenvalue weighted by Crippen LogP contribution is 2.42. The number of halogens is 3. The monoisotopic (exact) mass is 140 g/mol. The van der Waals surface area contributed by atoms with Gasteiger partial charge in [0.05, 0.1) is 0 Å². The summed E-state index contributed by atoms with van der Waals surface area (Å²) in [5.74, 6) is 0. The van der Waals surface area contributed by atoms with Gasteiger partial charge >= 0.3 is 9.08 Å². The molecule has 0 saturated heterocycles. The van der Waals surface area contributed by atoms with Crippen LogP contribution >= 0.6 is 0 Å². The summed E-state index contributed by atoms with van der Waals surface area (Å²) in [6.07, 6.45) is 1.61. The molecule has 8 heavy (non-hydrogen) atoms. The SMILES string of the molecule is F[Si](F)(F)C1CCC1. The molecular formula is C4H7F3Si. The molecule has 0 spiro atoms. The van der Waals surface area contributed by atoms with E-state index in [0.717, 1.165) is 6.42 Å². The van der Waals surface area contributed by atoms with Gasteiger partial charge in [-0.2, -0.15) is 0 Å². The summed E-state index contributed by atoms with van der Waals surface area (Å²) in [4.78, 5) is 0. The second-order valence-electron chi connectivity index (χ2n) is 2.17. The largest absolute Gasteiger partial charge is 0.619 e. The molecule has 1 aliphatic rings. The Hall–Kier alpha value is 0.00688. The van der Waals surface area contributed by atoms with Crippen molar-refractivity contribution in [3.63, 3.8) is 0 Å². The fourth-order valence-corrected chi connectivity index (χ4v) is 1.80. The van der Waals surface area contributed by atoms with Crippen LogP contribution in [0, 0.1) is 0 Å². The van der Waals surface area contributed by atoms with Crippen LogP contribution in [0.5, 0.6) is 0 Å². The van der Waals surface area contributed by atoms with E-state index in [1.165, 1.54) is 0 Å². The summed E-state index contributed by atoms with van der Waals surface area (Å²) < 4.78 is 34.9. The highest BCUT2D eigenvalue weighted by molar-refractivity contribution is 6.60. The zero-order valence-corrected chi connectivity index (χ0v) is 5.33. The smallest absolute Gasteiger partial charge is 0.237 e. The van der Waals surface area contributed by atoms with Gasteiger partial charge in [-0.3, -0.25) is 0 Å². The normalized spacial score (nSPS) is 22.9. The van der Waals surface area contributed by atoms with Gasteiger partial charge < -0.3 is 0 Å². The van der Waals surface area contributed by atoms with E-state index in [1.54, 1.807) is 0 Å². The number of hydrogen-bond acceptors (Lipinski definition) is 0. The molecule has 0 aromatic carbocycles. The Balaban J connectivity index is 2.34. The molecule has 0 aromatic heterocycles. The van der Waals surface area contributed by atoms with Crippen molar-refractivity contribution in [2.45, 2.75) is 24.8 Å². The van der Waals surface area contributed by atoms with Gasteiger partial charge in [0.2, 0.25) is 0 Å². The van der Waals surface area contributed by atoms with Gasteiger partial charge in [0.1, 0.15) is 0 Å². The Kier molecular flexibility index (Phi) is 1.34. The molecule has 0 aliphatic heterocycles. The van der Waals surface area contributed by atoms with E-state index in [2.05, 4.69) is 0 Å². The first-order valence-electron chi connectivity index (χ1n) is 2.67. The predicted octanol–water partition coefficient (Wildman–Crippen LogP) is 2.39. The van der Waals surface area contributed by atoms with Crippen LogP contribution in [0.15, 0.2) is 0 Å². The fraction of sp³-hybridized carbons (Fsp3) is 1.00. The molecule has 4 heteroatoms. The van der Waals surface area contributed by atoms with Crippen LogP contribution < -0.4 is 0 Å². The molecule has 0 nitrogen and oxygen atoms in total. The minimum atomic E-state index is -5.17. The average Bonchev–Trinajstić information content (AvgIpc) is 1.16. The second kappa shape index (κ2) is 1.75. The van der Waals surface area contributed by atoms with Crippen LogP contribution in [0.1, 0.15) is 19.3 Å². The lowest BCUT2D eigenvalue weighted by Crippen LogP contribution is -2.28. The summed E-state index contributed by atoms with van der Waals surface area (Å²) in [6, 6.07) is 0. The van der Waals surface area contributed by atoms with Gasteiger partial charge in [0.15, 0.2) is 0 Å². The van der Waals surface area contributed by atoms with Crippen molar-refractivity contribution < 1.29 is 12.3 Å². The van der Waals surface area contributed by atoms with E-state index in [0.29, 0.717) is 12.8 Å². The molecule has 0 amide bonds. The Labute approximate surface area is 47.2 Å². The van der Waals surface area contributed by atoms with Gasteiger partial charge in [-0.15, -0.1) is 0 Å². The topological polar surface area (TPSA) is 0 Å². The van der Waals surface area contributed by atoms with Crippen LogP contribution in [-0.2, 0) is 0 Å². The van der Waals surface area contributed by atoms with Crippen molar-refractivity contribution in [1.29, 1.82) is 0 Å². The third kappa shape index (κ3) is 1.04. The summed E-state index contributed by atoms with van der Waals surface area (Å²) in [7, 11) is -5.17. The van der Waals surface area contributed by atoms with Crippen molar-refractivity contribution in [2.75, 3.05) is 0 Å². The molecule has 1 aliphatic carbocycles. The summed E-state index contributed by atoms with van der Waals surface area (Å²) in [5.41, 5.74) is -0.831. The maximum Gasteiger partial charge on any atom is 0.619 e. The van der Waals surface area contributed by atoms with E-state index in [4.69, 9.17) is 0 Å². The highest BCUT2D eigenvalue weighted by Gasteiger charge is 2.49. The van der Waals surface area contributed by atoms with Gasteiger partial charge in [-0.05, 0) is 12.8 Å². The van der Waals surface area contributed by atoms with E-state index >= 15 is 0 Å². The zero-order chi connectivity index (χ0) is 6.20. The molecule has 1 saturated carbocycles. The van der Waals surface area contributed by atoms with E-state index in [-0.39, 0.29) is 0 Å². The van der Waals surface area contributed by atoms with Gasteiger partial charge in [0.25, 0.3) is 0 Å². The van der Waals surface area contributed by atoms with Crippen molar-refractivity contribution in [3.05, 3.63) is 0 Å². The lowest BCUT2D eigenvalue weighted by atomic mass is 10.00. The van der Waals surface area contributed by atoms with Crippen molar-refractivity contribution >= 4 is 9.08 Å². The van der Waals surface area contributed by atoms with E-state index in [9.17, 15) is 12.3 Å². The molecule has 0 bridgehead atoms. The van der Waals surface area contributed by atoms with Crippen molar-refractivity contribution in [1.82, 2.24) is 0 Å². The molecular weight excluding hydrogens is 133 g/mol. The predicted molar refractivity (Wildman–Crippen MR) is 26.7 cm³/mol. The number of rotatable bonds is 1. The highest BCUT2D eigenvalue weighted by atomic mass is 28.5. The van der Waals surface area contributed by atoms with Gasteiger partial charge in [-0.1, -0.05) is 6.42 Å². The fourth-order valence-electron chi connectivity index (χ4n) is 0.736. The lowest BCUT2D eigenvalue weighted by Gasteiger charge is -2.24. The van der Waals surface area contributed by atoms with Crippen LogP contribution in [0.25, 0.3) is 0 Å². The van der Waals surface area contributed by atoms with Crippen molar-refractivity contribution in [2.24, 2.45) is 0 Å². The molecule has 0 radical (unpaired) electrons. The minimum Gasteiger partial charge on any atom is -0.237 e. The first kappa shape index (κ1) is 6.13. The van der Waals surface area contributed by atoms with Crippen molar-refractivity contribution in [3.8, 4) is 0 Å². The first-order chi connectivity index (χ1) is 3.61. The lowest BCUT2D eigenvalue weighted by molar-refractivity contribution is 0.355. The van der Waals surface area contributed by atoms with E-state index < -0.39 is 14.6 Å². The third-order valence-electron chi connectivity index (χ3n) is 1.57. The maximum atomic E-state index is 11.6. The summed E-state index contributed by atoms with van der Waals surface area (Å²) >= 11 is 0. The summed E-state index contributed by atoms with van der Waals surface area (Å²) in [5, 5.41) is 0. The molecule has 0 heterocycles. The Morgan fingerprint density at radius 3 is 1.62 bits per heavy atom. The molecule has 1 rings (SSSR count). The van der Waals surface area contributed by atoms with Gasteiger partial charge in [-0.25, -0.2) is 12.3 Å². The second-order valence-corrected chi connectivity index (χ2v) is 4.07.